The third kappa shape index (κ3) is 3.14. The van der Waals surface area contributed by atoms with Gasteiger partial charge in [-0.2, -0.15) is 0 Å². The molecule has 0 atom stereocenters. The second-order valence-electron chi connectivity index (χ2n) is 1.97. The van der Waals surface area contributed by atoms with Gasteiger partial charge < -0.3 is 4.18 Å². The van der Waals surface area contributed by atoms with Crippen LogP contribution in [0.15, 0.2) is 43.0 Å². The Morgan fingerprint density at radius 3 is 2.73 bits per heavy atom. The Hall–Kier alpha value is -0.890. The van der Waals surface area contributed by atoms with E-state index in [2.05, 4.69) is 6.58 Å². The minimum absolute atomic E-state index is 0.814. The molecule has 1 aromatic rings. The van der Waals surface area contributed by atoms with Crippen molar-refractivity contribution in [3.05, 3.63) is 43.0 Å². The lowest BCUT2D eigenvalue weighted by Gasteiger charge is -1.99. The normalized spacial score (nSPS) is 9.09. The van der Waals surface area contributed by atoms with E-state index in [-0.39, 0.29) is 0 Å². The van der Waals surface area contributed by atoms with E-state index < -0.39 is 0 Å². The van der Waals surface area contributed by atoms with Gasteiger partial charge in [0.1, 0.15) is 5.75 Å². The molecule has 0 unspecified atom stereocenters. The maximum atomic E-state index is 5.29. The summed E-state index contributed by atoms with van der Waals surface area (Å²) in [7, 11) is 0. The Balaban J connectivity index is 2.33. The molecule has 0 radical (unpaired) electrons. The van der Waals surface area contributed by atoms with Gasteiger partial charge in [0.05, 0.1) is 12.0 Å². The average Bonchev–Trinajstić information content (AvgIpc) is 2.07. The van der Waals surface area contributed by atoms with E-state index in [0.29, 0.717) is 0 Å². The van der Waals surface area contributed by atoms with Crippen molar-refractivity contribution in [2.24, 2.45) is 0 Å². The molecule has 1 nitrogen and oxygen atoms in total. The van der Waals surface area contributed by atoms with Crippen LogP contribution < -0.4 is 4.18 Å². The largest absolute Gasteiger partial charge is 0.425 e. The van der Waals surface area contributed by atoms with Gasteiger partial charge in [-0.1, -0.05) is 24.3 Å². The summed E-state index contributed by atoms with van der Waals surface area (Å²) in [6, 6.07) is 9.71. The van der Waals surface area contributed by atoms with E-state index in [0.717, 1.165) is 11.5 Å². The van der Waals surface area contributed by atoms with Crippen molar-refractivity contribution in [1.29, 1.82) is 0 Å². The lowest BCUT2D eigenvalue weighted by molar-refractivity contribution is 0.648. The topological polar surface area (TPSA) is 9.23 Å². The highest BCUT2D eigenvalue weighted by molar-refractivity contribution is 7.95. The summed E-state index contributed by atoms with van der Waals surface area (Å²) in [6.45, 7) is 3.59. The minimum atomic E-state index is 0.814. The summed E-state index contributed by atoms with van der Waals surface area (Å²) in [5, 5.41) is 0. The fourth-order valence-corrected chi connectivity index (χ4v) is 1.04. The van der Waals surface area contributed by atoms with Gasteiger partial charge in [0.25, 0.3) is 0 Å². The van der Waals surface area contributed by atoms with Gasteiger partial charge in [-0.3, -0.25) is 0 Å². The molecule has 0 saturated heterocycles. The SMILES string of the molecule is C=CCSOc1ccccc1. The molecular formula is C9H10OS. The van der Waals surface area contributed by atoms with Crippen LogP contribution in [0.5, 0.6) is 5.75 Å². The summed E-state index contributed by atoms with van der Waals surface area (Å²) in [5.41, 5.74) is 0. The fourth-order valence-electron chi connectivity index (χ4n) is 0.626. The van der Waals surface area contributed by atoms with Crippen molar-refractivity contribution in [2.45, 2.75) is 0 Å². The van der Waals surface area contributed by atoms with Gasteiger partial charge in [0, 0.05) is 5.75 Å². The zero-order chi connectivity index (χ0) is 7.94. The summed E-state index contributed by atoms with van der Waals surface area (Å²) in [5.74, 6) is 1.70. The molecule has 0 N–H and O–H groups in total. The van der Waals surface area contributed by atoms with E-state index in [1.165, 1.54) is 12.0 Å². The molecule has 0 aliphatic carbocycles. The summed E-state index contributed by atoms with van der Waals surface area (Å²) < 4.78 is 5.29. The second-order valence-corrected chi connectivity index (χ2v) is 2.71. The predicted octanol–water partition coefficient (Wildman–Crippen LogP) is 2.90. The van der Waals surface area contributed by atoms with Gasteiger partial charge >= 0.3 is 0 Å². The van der Waals surface area contributed by atoms with Crippen LogP contribution in [0.2, 0.25) is 0 Å². The van der Waals surface area contributed by atoms with E-state index in [1.54, 1.807) is 0 Å². The van der Waals surface area contributed by atoms with Crippen LogP contribution in [0, 0.1) is 0 Å². The lowest BCUT2D eigenvalue weighted by atomic mass is 10.3. The van der Waals surface area contributed by atoms with Crippen molar-refractivity contribution < 1.29 is 4.18 Å². The number of hydrogen-bond donors (Lipinski definition) is 0. The molecule has 0 aliphatic heterocycles. The first-order valence-electron chi connectivity index (χ1n) is 3.39. The monoisotopic (exact) mass is 166 g/mol. The predicted molar refractivity (Wildman–Crippen MR) is 49.7 cm³/mol. The molecule has 0 aromatic heterocycles. The highest BCUT2D eigenvalue weighted by Crippen LogP contribution is 2.14. The molecule has 1 aromatic carbocycles. The van der Waals surface area contributed by atoms with Crippen LogP contribution in [-0.2, 0) is 0 Å². The number of para-hydroxylation sites is 1. The second kappa shape index (κ2) is 4.85. The maximum absolute atomic E-state index is 5.29. The van der Waals surface area contributed by atoms with Crippen LogP contribution in [0.1, 0.15) is 0 Å². The zero-order valence-electron chi connectivity index (χ0n) is 6.19. The summed E-state index contributed by atoms with van der Waals surface area (Å²) in [4.78, 5) is 0. The molecule has 58 valence electrons. The number of hydrogen-bond acceptors (Lipinski definition) is 2. The van der Waals surface area contributed by atoms with Crippen molar-refractivity contribution in [3.8, 4) is 5.75 Å². The molecule has 0 spiro atoms. The van der Waals surface area contributed by atoms with Crippen LogP contribution in [0.3, 0.4) is 0 Å². The molecule has 2 heteroatoms. The molecule has 1 rings (SSSR count). The number of benzene rings is 1. The van der Waals surface area contributed by atoms with E-state index >= 15 is 0 Å². The van der Waals surface area contributed by atoms with Crippen molar-refractivity contribution >= 4 is 12.0 Å². The van der Waals surface area contributed by atoms with Gasteiger partial charge in [0.2, 0.25) is 0 Å². The van der Waals surface area contributed by atoms with Gasteiger partial charge in [-0.05, 0) is 12.1 Å². The van der Waals surface area contributed by atoms with Gasteiger partial charge in [-0.25, -0.2) is 0 Å². The van der Waals surface area contributed by atoms with Crippen LogP contribution in [0.25, 0.3) is 0 Å². The molecule has 0 bridgehead atoms. The maximum Gasteiger partial charge on any atom is 0.137 e. The molecular weight excluding hydrogens is 156 g/mol. The Kier molecular flexibility index (Phi) is 3.62. The first-order valence-corrected chi connectivity index (χ1v) is 4.30. The summed E-state index contributed by atoms with van der Waals surface area (Å²) >= 11 is 1.39. The minimum Gasteiger partial charge on any atom is -0.425 e. The van der Waals surface area contributed by atoms with Crippen LogP contribution in [-0.4, -0.2) is 5.75 Å². The molecule has 0 amide bonds. The third-order valence-electron chi connectivity index (χ3n) is 1.08. The standard InChI is InChI=1S/C9H10OS/c1-2-8-11-10-9-6-4-3-5-7-9/h2-7H,1,8H2. The molecule has 0 aliphatic rings. The molecule has 0 fully saturated rings. The van der Waals surface area contributed by atoms with Crippen LogP contribution in [0.4, 0.5) is 0 Å². The highest BCUT2D eigenvalue weighted by atomic mass is 32.2. The Morgan fingerprint density at radius 2 is 2.09 bits per heavy atom. The highest BCUT2D eigenvalue weighted by Gasteiger charge is 1.88. The molecule has 0 heterocycles. The Labute approximate surface area is 71.3 Å². The quantitative estimate of drug-likeness (QED) is 0.386. The van der Waals surface area contributed by atoms with Crippen LogP contribution >= 0.6 is 12.0 Å². The average molecular weight is 166 g/mol. The lowest BCUT2D eigenvalue weighted by Crippen LogP contribution is -1.80. The fraction of sp³-hybridized carbons (Fsp3) is 0.111. The summed E-state index contributed by atoms with van der Waals surface area (Å²) in [6.07, 6.45) is 1.81. The number of rotatable bonds is 4. The van der Waals surface area contributed by atoms with E-state index in [9.17, 15) is 0 Å². The molecule has 0 saturated carbocycles. The zero-order valence-corrected chi connectivity index (χ0v) is 7.01. The third-order valence-corrected chi connectivity index (χ3v) is 1.77. The van der Waals surface area contributed by atoms with Crippen molar-refractivity contribution in [1.82, 2.24) is 0 Å². The van der Waals surface area contributed by atoms with Gasteiger partial charge in [-0.15, -0.1) is 6.58 Å². The first kappa shape index (κ1) is 8.21. The van der Waals surface area contributed by atoms with Gasteiger partial charge in [0.15, 0.2) is 0 Å². The van der Waals surface area contributed by atoms with E-state index in [1.807, 2.05) is 36.4 Å². The van der Waals surface area contributed by atoms with Crippen molar-refractivity contribution in [3.63, 3.8) is 0 Å². The smallest absolute Gasteiger partial charge is 0.137 e. The Bertz CT molecular complexity index is 208. The van der Waals surface area contributed by atoms with Crippen molar-refractivity contribution in [2.75, 3.05) is 5.75 Å². The Morgan fingerprint density at radius 1 is 1.36 bits per heavy atom. The first-order chi connectivity index (χ1) is 5.43. The van der Waals surface area contributed by atoms with E-state index in [4.69, 9.17) is 4.18 Å². The molecule has 11 heavy (non-hydrogen) atoms.